The van der Waals surface area contributed by atoms with Crippen molar-refractivity contribution < 1.29 is 4.79 Å². The van der Waals surface area contributed by atoms with E-state index in [9.17, 15) is 14.4 Å². The Labute approximate surface area is 142 Å². The van der Waals surface area contributed by atoms with Crippen LogP contribution in [0, 0.1) is 0 Å². The van der Waals surface area contributed by atoms with Crippen molar-refractivity contribution in [2.45, 2.75) is 13.1 Å². The van der Waals surface area contributed by atoms with E-state index in [0.717, 1.165) is 15.7 Å². The van der Waals surface area contributed by atoms with Gasteiger partial charge in [-0.25, -0.2) is 4.79 Å². The molecular formula is C17H17N5O3. The topological polar surface area (TPSA) is 102 Å². The van der Waals surface area contributed by atoms with Gasteiger partial charge in [-0.2, -0.15) is 5.10 Å². The lowest BCUT2D eigenvalue weighted by Crippen LogP contribution is -2.35. The number of rotatable bonds is 5. The first-order chi connectivity index (χ1) is 12.0. The molecule has 0 saturated heterocycles. The molecule has 0 aliphatic rings. The van der Waals surface area contributed by atoms with Gasteiger partial charge in [0.25, 0.3) is 11.5 Å². The van der Waals surface area contributed by atoms with Crippen LogP contribution < -0.4 is 16.6 Å². The summed E-state index contributed by atoms with van der Waals surface area (Å²) in [5.41, 5.74) is 0.548. The molecular weight excluding hydrogens is 322 g/mol. The number of benzene rings is 1. The van der Waals surface area contributed by atoms with Gasteiger partial charge in [-0.3, -0.25) is 19.3 Å². The molecule has 128 valence electrons. The Hall–Kier alpha value is -3.42. The highest BCUT2D eigenvalue weighted by Crippen LogP contribution is 2.04. The molecule has 3 rings (SSSR count). The van der Waals surface area contributed by atoms with Crippen LogP contribution in [0.2, 0.25) is 0 Å². The lowest BCUT2D eigenvalue weighted by Gasteiger charge is -2.04. The summed E-state index contributed by atoms with van der Waals surface area (Å²) < 4.78 is 2.92. The van der Waals surface area contributed by atoms with Crippen LogP contribution in [0.5, 0.6) is 0 Å². The van der Waals surface area contributed by atoms with Crippen molar-refractivity contribution in [3.63, 3.8) is 0 Å². The zero-order valence-electron chi connectivity index (χ0n) is 13.6. The van der Waals surface area contributed by atoms with E-state index in [1.807, 2.05) is 36.5 Å². The SMILES string of the molecule is Cn1cc(C(=O)NCc2cnn(Cc3ccccc3)c2)c(=O)[nH]c1=O. The number of amides is 1. The Morgan fingerprint density at radius 1 is 1.16 bits per heavy atom. The van der Waals surface area contributed by atoms with Gasteiger partial charge in [0.05, 0.1) is 12.7 Å². The van der Waals surface area contributed by atoms with Gasteiger partial charge in [-0.1, -0.05) is 30.3 Å². The van der Waals surface area contributed by atoms with E-state index in [-0.39, 0.29) is 12.1 Å². The highest BCUT2D eigenvalue weighted by atomic mass is 16.2. The maximum Gasteiger partial charge on any atom is 0.328 e. The molecule has 2 N–H and O–H groups in total. The molecule has 0 aliphatic heterocycles. The van der Waals surface area contributed by atoms with E-state index in [1.54, 1.807) is 10.9 Å². The monoisotopic (exact) mass is 339 g/mol. The summed E-state index contributed by atoms with van der Waals surface area (Å²) in [6, 6.07) is 9.90. The van der Waals surface area contributed by atoms with Crippen LogP contribution in [-0.4, -0.2) is 25.2 Å². The minimum atomic E-state index is -0.708. The molecule has 25 heavy (non-hydrogen) atoms. The van der Waals surface area contributed by atoms with Crippen LogP contribution in [0.25, 0.3) is 0 Å². The smallest absolute Gasteiger partial charge is 0.328 e. The number of carbonyl (C=O) groups is 1. The molecule has 0 radical (unpaired) electrons. The normalized spacial score (nSPS) is 10.6. The summed E-state index contributed by atoms with van der Waals surface area (Å²) in [7, 11) is 1.46. The van der Waals surface area contributed by atoms with Gasteiger partial charge >= 0.3 is 5.69 Å². The van der Waals surface area contributed by atoms with Crippen LogP contribution in [0.1, 0.15) is 21.5 Å². The fourth-order valence-corrected chi connectivity index (χ4v) is 2.36. The molecule has 0 fully saturated rings. The maximum absolute atomic E-state index is 12.1. The van der Waals surface area contributed by atoms with Gasteiger partial charge < -0.3 is 9.88 Å². The van der Waals surface area contributed by atoms with Crippen LogP contribution in [0.4, 0.5) is 0 Å². The molecule has 1 amide bonds. The van der Waals surface area contributed by atoms with Crippen molar-refractivity contribution in [1.29, 1.82) is 0 Å². The molecule has 3 aromatic rings. The maximum atomic E-state index is 12.1. The van der Waals surface area contributed by atoms with Crippen LogP contribution in [0.3, 0.4) is 0 Å². The van der Waals surface area contributed by atoms with Crippen LogP contribution >= 0.6 is 0 Å². The van der Waals surface area contributed by atoms with Gasteiger partial charge in [0.1, 0.15) is 5.56 Å². The van der Waals surface area contributed by atoms with Crippen molar-refractivity contribution in [2.24, 2.45) is 7.05 Å². The van der Waals surface area contributed by atoms with E-state index < -0.39 is 17.2 Å². The summed E-state index contributed by atoms with van der Waals surface area (Å²) >= 11 is 0. The second-order valence-electron chi connectivity index (χ2n) is 5.63. The molecule has 0 saturated carbocycles. The lowest BCUT2D eigenvalue weighted by atomic mass is 10.2. The highest BCUT2D eigenvalue weighted by Gasteiger charge is 2.12. The largest absolute Gasteiger partial charge is 0.348 e. The number of aromatic nitrogens is 4. The van der Waals surface area contributed by atoms with Crippen molar-refractivity contribution >= 4 is 5.91 Å². The van der Waals surface area contributed by atoms with E-state index in [1.165, 1.54) is 13.2 Å². The molecule has 0 aliphatic carbocycles. The van der Waals surface area contributed by atoms with Crippen molar-refractivity contribution in [2.75, 3.05) is 0 Å². The average molecular weight is 339 g/mol. The zero-order valence-corrected chi connectivity index (χ0v) is 13.6. The Morgan fingerprint density at radius 2 is 1.92 bits per heavy atom. The highest BCUT2D eigenvalue weighted by molar-refractivity contribution is 5.93. The fourth-order valence-electron chi connectivity index (χ4n) is 2.36. The van der Waals surface area contributed by atoms with Crippen LogP contribution in [-0.2, 0) is 20.1 Å². The third kappa shape index (κ3) is 3.92. The number of aromatic amines is 1. The van der Waals surface area contributed by atoms with Gasteiger partial charge in [0, 0.05) is 31.5 Å². The number of hydrogen-bond acceptors (Lipinski definition) is 4. The summed E-state index contributed by atoms with van der Waals surface area (Å²) in [6.45, 7) is 0.866. The van der Waals surface area contributed by atoms with Gasteiger partial charge in [0.2, 0.25) is 0 Å². The number of H-pyrrole nitrogens is 1. The summed E-state index contributed by atoms with van der Waals surface area (Å²) in [5.74, 6) is -0.548. The molecule has 0 spiro atoms. The molecule has 0 bridgehead atoms. The first-order valence-electron chi connectivity index (χ1n) is 7.66. The zero-order chi connectivity index (χ0) is 17.8. The molecule has 0 unspecified atom stereocenters. The Morgan fingerprint density at radius 3 is 2.68 bits per heavy atom. The van der Waals surface area contributed by atoms with Gasteiger partial charge in [-0.05, 0) is 5.56 Å². The quantitative estimate of drug-likeness (QED) is 0.695. The first kappa shape index (κ1) is 16.4. The number of nitrogens with zero attached hydrogens (tertiary/aromatic N) is 3. The third-order valence-electron chi connectivity index (χ3n) is 3.68. The molecule has 1 aromatic carbocycles. The average Bonchev–Trinajstić information content (AvgIpc) is 3.04. The van der Waals surface area contributed by atoms with Crippen molar-refractivity contribution in [1.82, 2.24) is 24.6 Å². The summed E-state index contributed by atoms with van der Waals surface area (Å²) in [4.78, 5) is 37.2. The van der Waals surface area contributed by atoms with Gasteiger partial charge in [0.15, 0.2) is 0 Å². The van der Waals surface area contributed by atoms with E-state index in [4.69, 9.17) is 0 Å². The number of carbonyl (C=O) groups excluding carboxylic acids is 1. The fraction of sp³-hybridized carbons (Fsp3) is 0.176. The summed E-state index contributed by atoms with van der Waals surface area (Å²) in [5, 5.41) is 6.91. The summed E-state index contributed by atoms with van der Waals surface area (Å²) in [6.07, 6.45) is 4.71. The number of aryl methyl sites for hydroxylation is 1. The van der Waals surface area contributed by atoms with Crippen molar-refractivity contribution in [3.05, 3.63) is 86.5 Å². The van der Waals surface area contributed by atoms with Crippen LogP contribution in [0.15, 0.2) is 58.5 Å². The standard InChI is InChI=1S/C17H17N5O3/c1-21-11-14(16(24)20-17(21)25)15(23)18-7-13-8-19-22(10-13)9-12-5-3-2-4-6-12/h2-6,8,10-11H,7,9H2,1H3,(H,18,23)(H,20,24,25). The predicted octanol–water partition coefficient (Wildman–Crippen LogP) is 0.248. The number of hydrogen-bond donors (Lipinski definition) is 2. The Bertz CT molecular complexity index is 1000. The molecule has 2 aromatic heterocycles. The lowest BCUT2D eigenvalue weighted by molar-refractivity contribution is 0.0948. The van der Waals surface area contributed by atoms with E-state index >= 15 is 0 Å². The van der Waals surface area contributed by atoms with E-state index in [2.05, 4.69) is 15.4 Å². The minimum absolute atomic E-state index is 0.112. The van der Waals surface area contributed by atoms with Crippen molar-refractivity contribution in [3.8, 4) is 0 Å². The predicted molar refractivity (Wildman–Crippen MR) is 91.2 cm³/mol. The molecule has 8 nitrogen and oxygen atoms in total. The Balaban J connectivity index is 1.64. The van der Waals surface area contributed by atoms with Gasteiger partial charge in [-0.15, -0.1) is 0 Å². The third-order valence-corrected chi connectivity index (χ3v) is 3.68. The minimum Gasteiger partial charge on any atom is -0.348 e. The number of nitrogens with one attached hydrogen (secondary N) is 2. The second kappa shape index (κ2) is 7.00. The molecule has 0 atom stereocenters. The molecule has 8 heteroatoms. The van der Waals surface area contributed by atoms with E-state index in [0.29, 0.717) is 6.54 Å². The Kier molecular flexibility index (Phi) is 4.60. The first-order valence-corrected chi connectivity index (χ1v) is 7.66. The molecule has 2 heterocycles. The second-order valence-corrected chi connectivity index (χ2v) is 5.63.